The highest BCUT2D eigenvalue weighted by molar-refractivity contribution is 8.18. The van der Waals surface area contributed by atoms with Gasteiger partial charge < -0.3 is 4.57 Å². The molecule has 0 spiro atoms. The number of rotatable bonds is 5. The van der Waals surface area contributed by atoms with Crippen molar-refractivity contribution in [3.63, 3.8) is 0 Å². The number of nitrogens with zero attached hydrogens (tertiary/aromatic N) is 2. The average molecular weight is 256 g/mol. The lowest BCUT2D eigenvalue weighted by molar-refractivity contribution is 0.570. The molecule has 0 atom stereocenters. The Morgan fingerprint density at radius 2 is 2.19 bits per heavy atom. The van der Waals surface area contributed by atoms with Crippen LogP contribution >= 0.6 is 23.5 Å². The van der Waals surface area contributed by atoms with Crippen molar-refractivity contribution < 1.29 is 0 Å². The van der Waals surface area contributed by atoms with Crippen molar-refractivity contribution in [2.24, 2.45) is 0 Å². The quantitative estimate of drug-likeness (QED) is 0.801. The van der Waals surface area contributed by atoms with Crippen molar-refractivity contribution in [1.29, 1.82) is 0 Å². The molecule has 4 heteroatoms. The fourth-order valence-electron chi connectivity index (χ4n) is 2.09. The summed E-state index contributed by atoms with van der Waals surface area (Å²) in [6, 6.07) is 0. The molecule has 1 aromatic rings. The summed E-state index contributed by atoms with van der Waals surface area (Å²) in [5.74, 6) is 2.71. The normalized spacial score (nSPS) is 19.8. The van der Waals surface area contributed by atoms with Crippen molar-refractivity contribution in [2.75, 3.05) is 11.5 Å². The maximum Gasteiger partial charge on any atom is 0.0945 e. The molecule has 16 heavy (non-hydrogen) atoms. The van der Waals surface area contributed by atoms with Gasteiger partial charge in [-0.2, -0.15) is 0 Å². The molecule has 1 aromatic heterocycles. The van der Waals surface area contributed by atoms with Crippen molar-refractivity contribution in [2.45, 2.75) is 43.2 Å². The monoisotopic (exact) mass is 256 g/mol. The summed E-state index contributed by atoms with van der Waals surface area (Å²) < 4.78 is 2.69. The van der Waals surface area contributed by atoms with Gasteiger partial charge in [-0.25, -0.2) is 4.98 Å². The van der Waals surface area contributed by atoms with Crippen LogP contribution in [0, 0.1) is 0 Å². The SMILES string of the molecule is CCC1(CCCn2ccnc2)SCCCS1. The zero-order valence-corrected chi connectivity index (χ0v) is 11.5. The van der Waals surface area contributed by atoms with E-state index < -0.39 is 0 Å². The zero-order chi connectivity index (χ0) is 11.3. The van der Waals surface area contributed by atoms with Crippen LogP contribution in [0.5, 0.6) is 0 Å². The van der Waals surface area contributed by atoms with Gasteiger partial charge in [-0.15, -0.1) is 23.5 Å². The highest BCUT2D eigenvalue weighted by Gasteiger charge is 2.30. The van der Waals surface area contributed by atoms with Crippen molar-refractivity contribution in [3.05, 3.63) is 18.7 Å². The third-order valence-electron chi connectivity index (χ3n) is 3.09. The van der Waals surface area contributed by atoms with Crippen LogP contribution in [0.3, 0.4) is 0 Å². The third kappa shape index (κ3) is 3.20. The van der Waals surface area contributed by atoms with Crippen LogP contribution in [0.15, 0.2) is 18.7 Å². The maximum absolute atomic E-state index is 4.08. The predicted molar refractivity (Wildman–Crippen MR) is 74.0 cm³/mol. The molecule has 0 saturated carbocycles. The van der Waals surface area contributed by atoms with Gasteiger partial charge in [-0.1, -0.05) is 6.92 Å². The Hall–Kier alpha value is -0.0900. The molecule has 0 unspecified atom stereocenters. The van der Waals surface area contributed by atoms with Gasteiger partial charge in [0.05, 0.1) is 10.4 Å². The van der Waals surface area contributed by atoms with E-state index in [1.165, 1.54) is 37.2 Å². The summed E-state index contributed by atoms with van der Waals surface area (Å²) in [4.78, 5) is 4.08. The number of aromatic nitrogens is 2. The molecular formula is C12H20N2S2. The molecule has 0 amide bonds. The largest absolute Gasteiger partial charge is 0.337 e. The lowest BCUT2D eigenvalue weighted by Crippen LogP contribution is -2.24. The van der Waals surface area contributed by atoms with Crippen molar-refractivity contribution in [1.82, 2.24) is 9.55 Å². The summed E-state index contributed by atoms with van der Waals surface area (Å²) in [5.41, 5.74) is 0. The molecular weight excluding hydrogens is 236 g/mol. The maximum atomic E-state index is 4.08. The van der Waals surface area contributed by atoms with Crippen LogP contribution in [-0.2, 0) is 6.54 Å². The van der Waals surface area contributed by atoms with E-state index >= 15 is 0 Å². The van der Waals surface area contributed by atoms with E-state index in [9.17, 15) is 0 Å². The van der Waals surface area contributed by atoms with Crippen LogP contribution in [0.1, 0.15) is 32.6 Å². The molecule has 90 valence electrons. The summed E-state index contributed by atoms with van der Waals surface area (Å²) >= 11 is 4.37. The van der Waals surface area contributed by atoms with E-state index in [1.807, 2.05) is 12.5 Å². The Balaban J connectivity index is 1.78. The Morgan fingerprint density at radius 3 is 2.81 bits per heavy atom. The number of thioether (sulfide) groups is 2. The van der Waals surface area contributed by atoms with Gasteiger partial charge in [0, 0.05) is 18.9 Å². The molecule has 0 aromatic carbocycles. The summed E-state index contributed by atoms with van der Waals surface area (Å²) in [7, 11) is 0. The van der Waals surface area contributed by atoms with Gasteiger partial charge in [-0.05, 0) is 37.2 Å². The Labute approximate surface area is 107 Å². The molecule has 1 saturated heterocycles. The van der Waals surface area contributed by atoms with Gasteiger partial charge in [0.15, 0.2) is 0 Å². The van der Waals surface area contributed by atoms with E-state index in [0.717, 1.165) is 6.54 Å². The van der Waals surface area contributed by atoms with E-state index in [0.29, 0.717) is 4.08 Å². The second-order valence-electron chi connectivity index (χ2n) is 4.22. The van der Waals surface area contributed by atoms with Crippen LogP contribution in [0.25, 0.3) is 0 Å². The number of hydrogen-bond donors (Lipinski definition) is 0. The van der Waals surface area contributed by atoms with Crippen LogP contribution in [0.4, 0.5) is 0 Å². The fraction of sp³-hybridized carbons (Fsp3) is 0.750. The minimum absolute atomic E-state index is 0.513. The predicted octanol–water partition coefficient (Wildman–Crippen LogP) is 3.64. The lowest BCUT2D eigenvalue weighted by atomic mass is 10.2. The van der Waals surface area contributed by atoms with Gasteiger partial charge in [0.25, 0.3) is 0 Å². The van der Waals surface area contributed by atoms with Gasteiger partial charge >= 0.3 is 0 Å². The van der Waals surface area contributed by atoms with E-state index in [1.54, 1.807) is 0 Å². The van der Waals surface area contributed by atoms with Gasteiger partial charge in [-0.3, -0.25) is 0 Å². The first-order valence-corrected chi connectivity index (χ1v) is 8.05. The molecule has 0 bridgehead atoms. The lowest BCUT2D eigenvalue weighted by Gasteiger charge is -2.35. The summed E-state index contributed by atoms with van der Waals surface area (Å²) in [6.07, 6.45) is 11.1. The van der Waals surface area contributed by atoms with Crippen LogP contribution in [-0.4, -0.2) is 25.1 Å². The van der Waals surface area contributed by atoms with Crippen LogP contribution < -0.4 is 0 Å². The fourth-order valence-corrected chi connectivity index (χ4v) is 5.42. The first-order valence-electron chi connectivity index (χ1n) is 6.08. The second-order valence-corrected chi connectivity index (χ2v) is 7.43. The zero-order valence-electron chi connectivity index (χ0n) is 9.89. The van der Waals surface area contributed by atoms with Crippen LogP contribution in [0.2, 0.25) is 0 Å². The first-order chi connectivity index (χ1) is 7.85. The van der Waals surface area contributed by atoms with E-state index in [4.69, 9.17) is 0 Å². The molecule has 2 heterocycles. The number of imidazole rings is 1. The Bertz CT molecular complexity index is 292. The van der Waals surface area contributed by atoms with E-state index in [2.05, 4.69) is 46.2 Å². The van der Waals surface area contributed by atoms with Crippen molar-refractivity contribution in [3.8, 4) is 0 Å². The first kappa shape index (κ1) is 12.4. The average Bonchev–Trinajstić information content (AvgIpc) is 2.83. The minimum atomic E-state index is 0.513. The summed E-state index contributed by atoms with van der Waals surface area (Å²) in [5, 5.41) is 0. The topological polar surface area (TPSA) is 17.8 Å². The Morgan fingerprint density at radius 1 is 1.38 bits per heavy atom. The summed E-state index contributed by atoms with van der Waals surface area (Å²) in [6.45, 7) is 3.45. The Kier molecular flexibility index (Phi) is 4.65. The molecule has 0 aliphatic carbocycles. The third-order valence-corrected chi connectivity index (χ3v) is 6.82. The molecule has 0 N–H and O–H groups in total. The molecule has 1 aliphatic heterocycles. The number of hydrogen-bond acceptors (Lipinski definition) is 3. The molecule has 0 radical (unpaired) electrons. The molecule has 2 nitrogen and oxygen atoms in total. The van der Waals surface area contributed by atoms with E-state index in [-0.39, 0.29) is 0 Å². The number of aryl methyl sites for hydroxylation is 1. The standard InChI is InChI=1S/C12H20N2S2/c1-2-12(15-9-4-10-16-12)5-3-7-14-8-6-13-11-14/h6,8,11H,2-5,7,9-10H2,1H3. The highest BCUT2D eigenvalue weighted by atomic mass is 32.2. The smallest absolute Gasteiger partial charge is 0.0945 e. The van der Waals surface area contributed by atoms with Crippen molar-refractivity contribution >= 4 is 23.5 Å². The molecule has 2 rings (SSSR count). The van der Waals surface area contributed by atoms with Gasteiger partial charge in [0.2, 0.25) is 0 Å². The molecule has 1 aliphatic rings. The van der Waals surface area contributed by atoms with Gasteiger partial charge in [0.1, 0.15) is 0 Å². The second kappa shape index (κ2) is 6.01. The molecule has 1 fully saturated rings. The highest BCUT2D eigenvalue weighted by Crippen LogP contribution is 2.47. The minimum Gasteiger partial charge on any atom is -0.337 e.